The molecule has 0 fully saturated rings. The van der Waals surface area contributed by atoms with Crippen molar-refractivity contribution in [1.29, 1.82) is 0 Å². The summed E-state index contributed by atoms with van der Waals surface area (Å²) in [6.07, 6.45) is 1.84. The lowest BCUT2D eigenvalue weighted by atomic mass is 10.1. The zero-order chi connectivity index (χ0) is 12.1. The smallest absolute Gasteiger partial charge is 0.119 e. The minimum Gasteiger partial charge on any atom is -0.497 e. The summed E-state index contributed by atoms with van der Waals surface area (Å²) >= 11 is 1.66. The molecule has 1 unspecified atom stereocenters. The number of rotatable bonds is 5. The Morgan fingerprint density at radius 2 is 2.35 bits per heavy atom. The van der Waals surface area contributed by atoms with Crippen molar-refractivity contribution in [2.24, 2.45) is 0 Å². The number of nitrogens with one attached hydrogen (secondary N) is 1. The first-order valence-electron chi connectivity index (χ1n) is 5.62. The van der Waals surface area contributed by atoms with Crippen LogP contribution in [0.25, 0.3) is 0 Å². The highest BCUT2D eigenvalue weighted by Crippen LogP contribution is 2.26. The van der Waals surface area contributed by atoms with Crippen LogP contribution >= 0.6 is 11.3 Å². The third-order valence-electron chi connectivity index (χ3n) is 2.53. The zero-order valence-corrected chi connectivity index (χ0v) is 10.8. The SMILES string of the molecule is CCNC(c1cccc(OC)c1)c1nccs1. The van der Waals surface area contributed by atoms with E-state index < -0.39 is 0 Å². The van der Waals surface area contributed by atoms with E-state index in [9.17, 15) is 0 Å². The first-order chi connectivity index (χ1) is 8.35. The molecule has 0 bridgehead atoms. The van der Waals surface area contributed by atoms with Gasteiger partial charge in [-0.05, 0) is 24.2 Å². The van der Waals surface area contributed by atoms with Crippen LogP contribution in [0, 0.1) is 0 Å². The lowest BCUT2D eigenvalue weighted by Gasteiger charge is -2.16. The molecule has 90 valence electrons. The normalized spacial score (nSPS) is 12.4. The predicted molar refractivity (Wildman–Crippen MR) is 70.6 cm³/mol. The van der Waals surface area contributed by atoms with E-state index in [0.29, 0.717) is 0 Å². The van der Waals surface area contributed by atoms with Gasteiger partial charge in [-0.2, -0.15) is 0 Å². The Morgan fingerprint density at radius 3 is 3.00 bits per heavy atom. The minimum atomic E-state index is 0.148. The van der Waals surface area contributed by atoms with Crippen molar-refractivity contribution in [2.75, 3.05) is 13.7 Å². The standard InChI is InChI=1S/C13H16N2OS/c1-3-14-12(13-15-7-8-17-13)10-5-4-6-11(9-10)16-2/h4-9,12,14H,3H2,1-2H3. The van der Waals surface area contributed by atoms with Crippen LogP contribution in [0.4, 0.5) is 0 Å². The molecule has 2 rings (SSSR count). The van der Waals surface area contributed by atoms with E-state index in [1.807, 2.05) is 23.7 Å². The number of hydrogen-bond acceptors (Lipinski definition) is 4. The van der Waals surface area contributed by atoms with Crippen molar-refractivity contribution in [3.63, 3.8) is 0 Å². The van der Waals surface area contributed by atoms with Crippen LogP contribution in [0.2, 0.25) is 0 Å². The second-order valence-electron chi connectivity index (χ2n) is 3.64. The average molecular weight is 248 g/mol. The lowest BCUT2D eigenvalue weighted by Crippen LogP contribution is -2.21. The molecule has 1 heterocycles. The first kappa shape index (κ1) is 12.1. The van der Waals surface area contributed by atoms with E-state index in [1.165, 1.54) is 5.56 Å². The molecule has 17 heavy (non-hydrogen) atoms. The summed E-state index contributed by atoms with van der Waals surface area (Å²) in [5, 5.41) is 6.53. The number of aromatic nitrogens is 1. The van der Waals surface area contributed by atoms with Gasteiger partial charge in [-0.3, -0.25) is 0 Å². The Hall–Kier alpha value is -1.39. The maximum Gasteiger partial charge on any atom is 0.119 e. The molecule has 1 atom stereocenters. The van der Waals surface area contributed by atoms with Crippen molar-refractivity contribution in [1.82, 2.24) is 10.3 Å². The van der Waals surface area contributed by atoms with Gasteiger partial charge in [0, 0.05) is 11.6 Å². The highest BCUT2D eigenvalue weighted by molar-refractivity contribution is 7.09. The number of hydrogen-bond donors (Lipinski definition) is 1. The minimum absolute atomic E-state index is 0.148. The number of thiazole rings is 1. The van der Waals surface area contributed by atoms with Gasteiger partial charge in [0.05, 0.1) is 13.2 Å². The second-order valence-corrected chi connectivity index (χ2v) is 4.56. The molecule has 0 saturated heterocycles. The maximum absolute atomic E-state index is 5.26. The Labute approximate surface area is 105 Å². The topological polar surface area (TPSA) is 34.1 Å². The van der Waals surface area contributed by atoms with Crippen LogP contribution in [0.5, 0.6) is 5.75 Å². The molecular weight excluding hydrogens is 232 g/mol. The molecule has 0 aliphatic heterocycles. The van der Waals surface area contributed by atoms with Gasteiger partial charge in [-0.15, -0.1) is 11.3 Å². The van der Waals surface area contributed by atoms with Crippen molar-refractivity contribution >= 4 is 11.3 Å². The van der Waals surface area contributed by atoms with E-state index in [1.54, 1.807) is 18.4 Å². The lowest BCUT2D eigenvalue weighted by molar-refractivity contribution is 0.413. The largest absolute Gasteiger partial charge is 0.497 e. The Kier molecular flexibility index (Phi) is 4.12. The predicted octanol–water partition coefficient (Wildman–Crippen LogP) is 2.85. The third kappa shape index (κ3) is 2.84. The number of benzene rings is 1. The Bertz CT molecular complexity index is 456. The third-order valence-corrected chi connectivity index (χ3v) is 3.37. The van der Waals surface area contributed by atoms with Crippen molar-refractivity contribution in [2.45, 2.75) is 13.0 Å². The monoisotopic (exact) mass is 248 g/mol. The quantitative estimate of drug-likeness (QED) is 0.883. The Balaban J connectivity index is 2.32. The van der Waals surface area contributed by atoms with Crippen molar-refractivity contribution < 1.29 is 4.74 Å². The van der Waals surface area contributed by atoms with Gasteiger partial charge < -0.3 is 10.1 Å². The zero-order valence-electron chi connectivity index (χ0n) is 10.0. The molecule has 0 aliphatic carbocycles. The summed E-state index contributed by atoms with van der Waals surface area (Å²) in [5.41, 5.74) is 1.18. The van der Waals surface area contributed by atoms with Gasteiger partial charge in [0.25, 0.3) is 0 Å². The van der Waals surface area contributed by atoms with Crippen molar-refractivity contribution in [3.8, 4) is 5.75 Å². The highest BCUT2D eigenvalue weighted by Gasteiger charge is 2.15. The summed E-state index contributed by atoms with van der Waals surface area (Å²) in [4.78, 5) is 4.38. The van der Waals surface area contributed by atoms with Gasteiger partial charge in [0.2, 0.25) is 0 Å². The van der Waals surface area contributed by atoms with Crippen LogP contribution < -0.4 is 10.1 Å². The van der Waals surface area contributed by atoms with Crippen LogP contribution in [-0.2, 0) is 0 Å². The molecule has 0 radical (unpaired) electrons. The summed E-state index contributed by atoms with van der Waals surface area (Å²) in [5.74, 6) is 0.877. The highest BCUT2D eigenvalue weighted by atomic mass is 32.1. The van der Waals surface area contributed by atoms with E-state index >= 15 is 0 Å². The van der Waals surface area contributed by atoms with Gasteiger partial charge in [-0.1, -0.05) is 19.1 Å². The van der Waals surface area contributed by atoms with E-state index in [4.69, 9.17) is 4.74 Å². The van der Waals surface area contributed by atoms with Gasteiger partial charge in [0.15, 0.2) is 0 Å². The summed E-state index contributed by atoms with van der Waals surface area (Å²) in [6.45, 7) is 3.00. The van der Waals surface area contributed by atoms with E-state index in [2.05, 4.69) is 29.4 Å². The van der Waals surface area contributed by atoms with Crippen LogP contribution in [-0.4, -0.2) is 18.6 Å². The fourth-order valence-corrected chi connectivity index (χ4v) is 2.49. The number of ether oxygens (including phenoxy) is 1. The molecule has 1 aromatic carbocycles. The molecule has 3 nitrogen and oxygen atoms in total. The molecule has 2 aromatic rings. The molecule has 0 spiro atoms. The van der Waals surface area contributed by atoms with Gasteiger partial charge in [-0.25, -0.2) is 4.98 Å². The summed E-state index contributed by atoms with van der Waals surface area (Å²) in [6, 6.07) is 8.25. The van der Waals surface area contributed by atoms with Gasteiger partial charge >= 0.3 is 0 Å². The van der Waals surface area contributed by atoms with Crippen LogP contribution in [0.3, 0.4) is 0 Å². The molecule has 1 aromatic heterocycles. The Morgan fingerprint density at radius 1 is 1.47 bits per heavy atom. The van der Waals surface area contributed by atoms with E-state index in [0.717, 1.165) is 17.3 Å². The molecule has 0 aliphatic rings. The number of nitrogens with zero attached hydrogens (tertiary/aromatic N) is 1. The van der Waals surface area contributed by atoms with Gasteiger partial charge in [0.1, 0.15) is 10.8 Å². The summed E-state index contributed by atoms with van der Waals surface area (Å²) in [7, 11) is 1.69. The van der Waals surface area contributed by atoms with E-state index in [-0.39, 0.29) is 6.04 Å². The molecule has 1 N–H and O–H groups in total. The molecule has 0 amide bonds. The van der Waals surface area contributed by atoms with Crippen LogP contribution in [0.15, 0.2) is 35.8 Å². The van der Waals surface area contributed by atoms with Crippen LogP contribution in [0.1, 0.15) is 23.5 Å². The fraction of sp³-hybridized carbons (Fsp3) is 0.308. The maximum atomic E-state index is 5.26. The molecule has 4 heteroatoms. The molecule has 0 saturated carbocycles. The average Bonchev–Trinajstić information content (AvgIpc) is 2.89. The van der Waals surface area contributed by atoms with Crippen molar-refractivity contribution in [3.05, 3.63) is 46.4 Å². The fourth-order valence-electron chi connectivity index (χ4n) is 1.75. The molecular formula is C13H16N2OS. The summed E-state index contributed by atoms with van der Waals surface area (Å²) < 4.78 is 5.26. The number of methoxy groups -OCH3 is 1. The first-order valence-corrected chi connectivity index (χ1v) is 6.50. The second kappa shape index (κ2) is 5.80.